The maximum absolute atomic E-state index is 3.70. The van der Waals surface area contributed by atoms with Crippen LogP contribution in [0, 0.1) is 6.92 Å². The highest BCUT2D eigenvalue weighted by atomic mass is 79.9. The Labute approximate surface area is 119 Å². The smallest absolute Gasteiger partial charge is 0.0538 e. The van der Waals surface area contributed by atoms with E-state index < -0.39 is 0 Å². The van der Waals surface area contributed by atoms with Crippen molar-refractivity contribution < 1.29 is 0 Å². The molecule has 0 saturated heterocycles. The van der Waals surface area contributed by atoms with Gasteiger partial charge in [-0.15, -0.1) is 0 Å². The molecule has 1 unspecified atom stereocenters. The van der Waals surface area contributed by atoms with Gasteiger partial charge < -0.3 is 5.32 Å². The molecule has 0 amide bonds. The average molecular weight is 308 g/mol. The predicted molar refractivity (Wildman–Crippen MR) is 81.8 cm³/mol. The zero-order valence-electron chi connectivity index (χ0n) is 11.3. The molecule has 0 radical (unpaired) electrons. The van der Waals surface area contributed by atoms with E-state index in [9.17, 15) is 0 Å². The highest BCUT2D eigenvalue weighted by Gasteiger charge is 2.19. The molecule has 2 heteroatoms. The first-order valence-corrected chi connectivity index (χ1v) is 7.70. The lowest BCUT2D eigenvalue weighted by molar-refractivity contribution is 0.576. The Kier molecular flexibility index (Phi) is 5.02. The normalized spacial score (nSPS) is 16.7. The Morgan fingerprint density at radius 2 is 2.22 bits per heavy atom. The summed E-state index contributed by atoms with van der Waals surface area (Å²) >= 11 is 3.55. The zero-order chi connectivity index (χ0) is 13.0. The van der Waals surface area contributed by atoms with Gasteiger partial charge in [-0.25, -0.2) is 0 Å². The SMILES string of the molecule is CCCNC(C1=CCCC1)c1ccc(Br)cc1C. The van der Waals surface area contributed by atoms with Gasteiger partial charge in [-0.05, 0) is 62.4 Å². The molecule has 2 rings (SSSR count). The number of rotatable bonds is 5. The Bertz CT molecular complexity index is 437. The molecule has 0 aromatic heterocycles. The van der Waals surface area contributed by atoms with Gasteiger partial charge in [0.05, 0.1) is 6.04 Å². The van der Waals surface area contributed by atoms with E-state index in [0.29, 0.717) is 6.04 Å². The second kappa shape index (κ2) is 6.53. The highest BCUT2D eigenvalue weighted by molar-refractivity contribution is 9.10. The topological polar surface area (TPSA) is 12.0 Å². The van der Waals surface area contributed by atoms with Crippen LogP contribution in [0.1, 0.15) is 49.8 Å². The zero-order valence-corrected chi connectivity index (χ0v) is 12.9. The summed E-state index contributed by atoms with van der Waals surface area (Å²) in [6, 6.07) is 7.04. The van der Waals surface area contributed by atoms with Crippen LogP contribution < -0.4 is 5.32 Å². The number of allylic oxidation sites excluding steroid dienone is 1. The third-order valence-electron chi connectivity index (χ3n) is 3.59. The largest absolute Gasteiger partial charge is 0.307 e. The molecule has 0 bridgehead atoms. The molecule has 18 heavy (non-hydrogen) atoms. The van der Waals surface area contributed by atoms with Gasteiger partial charge in [0, 0.05) is 4.47 Å². The van der Waals surface area contributed by atoms with Crippen LogP contribution in [0.5, 0.6) is 0 Å². The van der Waals surface area contributed by atoms with Crippen LogP contribution in [0.15, 0.2) is 34.3 Å². The number of nitrogens with one attached hydrogen (secondary N) is 1. The second-order valence-corrected chi connectivity index (χ2v) is 5.97. The summed E-state index contributed by atoms with van der Waals surface area (Å²) in [5, 5.41) is 3.70. The van der Waals surface area contributed by atoms with Crippen molar-refractivity contribution in [2.45, 2.75) is 45.6 Å². The first kappa shape index (κ1) is 13.8. The van der Waals surface area contributed by atoms with Crippen molar-refractivity contribution in [3.63, 3.8) is 0 Å². The first-order chi connectivity index (χ1) is 8.72. The monoisotopic (exact) mass is 307 g/mol. The minimum atomic E-state index is 0.417. The minimum Gasteiger partial charge on any atom is -0.307 e. The van der Waals surface area contributed by atoms with Crippen LogP contribution in [0.25, 0.3) is 0 Å². The molecule has 98 valence electrons. The van der Waals surface area contributed by atoms with Crippen LogP contribution in [0.3, 0.4) is 0 Å². The predicted octanol–water partition coefficient (Wildman–Crippen LogP) is 4.91. The summed E-state index contributed by atoms with van der Waals surface area (Å²) < 4.78 is 1.17. The number of hydrogen-bond donors (Lipinski definition) is 1. The number of halogens is 1. The molecule has 0 spiro atoms. The minimum absolute atomic E-state index is 0.417. The summed E-state index contributed by atoms with van der Waals surface area (Å²) in [5.74, 6) is 0. The summed E-state index contributed by atoms with van der Waals surface area (Å²) in [7, 11) is 0. The quantitative estimate of drug-likeness (QED) is 0.762. The van der Waals surface area contributed by atoms with Crippen molar-refractivity contribution >= 4 is 15.9 Å². The fraction of sp³-hybridized carbons (Fsp3) is 0.500. The molecule has 0 heterocycles. The van der Waals surface area contributed by atoms with Crippen LogP contribution in [0.4, 0.5) is 0 Å². The Hall–Kier alpha value is -0.600. The second-order valence-electron chi connectivity index (χ2n) is 5.06. The number of aryl methyl sites for hydroxylation is 1. The van der Waals surface area contributed by atoms with Crippen LogP contribution in [0.2, 0.25) is 0 Å². The van der Waals surface area contributed by atoms with E-state index >= 15 is 0 Å². The van der Waals surface area contributed by atoms with Gasteiger partial charge in [0.1, 0.15) is 0 Å². The van der Waals surface area contributed by atoms with E-state index in [0.717, 1.165) is 6.54 Å². The molecule has 1 aromatic rings. The van der Waals surface area contributed by atoms with Crippen molar-refractivity contribution in [2.75, 3.05) is 6.54 Å². The van der Waals surface area contributed by atoms with E-state index in [2.05, 4.69) is 59.4 Å². The first-order valence-electron chi connectivity index (χ1n) is 6.90. The van der Waals surface area contributed by atoms with E-state index in [1.165, 1.54) is 41.3 Å². The fourth-order valence-electron chi connectivity index (χ4n) is 2.65. The summed E-state index contributed by atoms with van der Waals surface area (Å²) in [5.41, 5.74) is 4.37. The molecule has 1 aliphatic rings. The van der Waals surface area contributed by atoms with E-state index in [-0.39, 0.29) is 0 Å². The summed E-state index contributed by atoms with van der Waals surface area (Å²) in [6.45, 7) is 5.51. The molecule has 1 N–H and O–H groups in total. The van der Waals surface area contributed by atoms with Crippen molar-refractivity contribution in [3.05, 3.63) is 45.4 Å². The molecule has 0 fully saturated rings. The summed E-state index contributed by atoms with van der Waals surface area (Å²) in [4.78, 5) is 0. The van der Waals surface area contributed by atoms with Gasteiger partial charge in [0.15, 0.2) is 0 Å². The van der Waals surface area contributed by atoms with Crippen LogP contribution >= 0.6 is 15.9 Å². The van der Waals surface area contributed by atoms with Gasteiger partial charge in [-0.3, -0.25) is 0 Å². The average Bonchev–Trinajstić information content (AvgIpc) is 2.85. The van der Waals surface area contributed by atoms with Gasteiger partial charge in [-0.1, -0.05) is 40.6 Å². The van der Waals surface area contributed by atoms with Gasteiger partial charge in [0.2, 0.25) is 0 Å². The van der Waals surface area contributed by atoms with Crippen molar-refractivity contribution in [1.29, 1.82) is 0 Å². The standard InChI is InChI=1S/C16H22BrN/c1-3-10-18-16(13-6-4-5-7-13)15-9-8-14(17)11-12(15)2/h6,8-9,11,16,18H,3-5,7,10H2,1-2H3. The lowest BCUT2D eigenvalue weighted by Crippen LogP contribution is -2.24. The van der Waals surface area contributed by atoms with Gasteiger partial charge in [-0.2, -0.15) is 0 Å². The third-order valence-corrected chi connectivity index (χ3v) is 4.08. The Morgan fingerprint density at radius 3 is 2.83 bits per heavy atom. The maximum Gasteiger partial charge on any atom is 0.0538 e. The van der Waals surface area contributed by atoms with E-state index in [4.69, 9.17) is 0 Å². The van der Waals surface area contributed by atoms with E-state index in [1.807, 2.05) is 0 Å². The van der Waals surface area contributed by atoms with Crippen molar-refractivity contribution in [2.24, 2.45) is 0 Å². The molecular formula is C16H22BrN. The van der Waals surface area contributed by atoms with Crippen LogP contribution in [-0.2, 0) is 0 Å². The van der Waals surface area contributed by atoms with Gasteiger partial charge >= 0.3 is 0 Å². The molecule has 0 saturated carbocycles. The molecular weight excluding hydrogens is 286 g/mol. The van der Waals surface area contributed by atoms with Crippen LogP contribution in [-0.4, -0.2) is 6.54 Å². The molecule has 1 nitrogen and oxygen atoms in total. The maximum atomic E-state index is 3.70. The number of benzene rings is 1. The van der Waals surface area contributed by atoms with E-state index in [1.54, 1.807) is 5.57 Å². The highest BCUT2D eigenvalue weighted by Crippen LogP contribution is 2.33. The van der Waals surface area contributed by atoms with Crippen molar-refractivity contribution in [1.82, 2.24) is 5.32 Å². The third kappa shape index (κ3) is 3.24. The molecule has 1 aliphatic carbocycles. The van der Waals surface area contributed by atoms with Gasteiger partial charge in [0.25, 0.3) is 0 Å². The number of hydrogen-bond acceptors (Lipinski definition) is 1. The molecule has 1 atom stereocenters. The van der Waals surface area contributed by atoms with Crippen molar-refractivity contribution in [3.8, 4) is 0 Å². The molecule has 0 aliphatic heterocycles. The fourth-order valence-corrected chi connectivity index (χ4v) is 3.13. The summed E-state index contributed by atoms with van der Waals surface area (Å²) in [6.07, 6.45) is 7.41. The molecule has 1 aromatic carbocycles. The Morgan fingerprint density at radius 1 is 1.39 bits per heavy atom. The Balaban J connectivity index is 2.26. The lowest BCUT2D eigenvalue weighted by Gasteiger charge is -2.22. The lowest BCUT2D eigenvalue weighted by atomic mass is 9.94.